The van der Waals surface area contributed by atoms with E-state index in [1.165, 1.54) is 6.42 Å². The van der Waals surface area contributed by atoms with Crippen LogP contribution in [0, 0.1) is 11.3 Å². The van der Waals surface area contributed by atoms with Gasteiger partial charge < -0.3 is 10.2 Å². The molecule has 0 saturated heterocycles. The van der Waals surface area contributed by atoms with E-state index in [1.807, 2.05) is 0 Å². The Morgan fingerprint density at radius 2 is 1.86 bits per heavy atom. The smallest absolute Gasteiger partial charge is 0.00387 e. The second-order valence-electron chi connectivity index (χ2n) is 5.55. The predicted octanol–water partition coefficient (Wildman–Crippen LogP) is 2.21. The van der Waals surface area contributed by atoms with Crippen molar-refractivity contribution in [2.45, 2.75) is 34.1 Å². The van der Waals surface area contributed by atoms with Gasteiger partial charge in [0, 0.05) is 13.1 Å². The molecule has 1 atom stereocenters. The van der Waals surface area contributed by atoms with Crippen molar-refractivity contribution < 1.29 is 0 Å². The van der Waals surface area contributed by atoms with Crippen LogP contribution in [0.4, 0.5) is 0 Å². The van der Waals surface area contributed by atoms with Gasteiger partial charge in [-0.3, -0.25) is 0 Å². The maximum absolute atomic E-state index is 3.56. The van der Waals surface area contributed by atoms with Gasteiger partial charge in [0.1, 0.15) is 0 Å². The van der Waals surface area contributed by atoms with E-state index in [2.05, 4.69) is 52.0 Å². The van der Waals surface area contributed by atoms with Crippen LogP contribution in [-0.4, -0.2) is 38.6 Å². The third kappa shape index (κ3) is 7.34. The van der Waals surface area contributed by atoms with Crippen LogP contribution in [0.1, 0.15) is 34.1 Å². The van der Waals surface area contributed by atoms with Gasteiger partial charge >= 0.3 is 0 Å². The van der Waals surface area contributed by atoms with Gasteiger partial charge in [0.05, 0.1) is 0 Å². The number of nitrogens with zero attached hydrogens (tertiary/aromatic N) is 1. The molecule has 1 N–H and O–H groups in total. The van der Waals surface area contributed by atoms with E-state index < -0.39 is 0 Å². The second kappa shape index (κ2) is 6.41. The van der Waals surface area contributed by atoms with Crippen LogP contribution < -0.4 is 5.32 Å². The summed E-state index contributed by atoms with van der Waals surface area (Å²) in [6.07, 6.45) is 1.26. The van der Waals surface area contributed by atoms with Crippen molar-refractivity contribution in [3.8, 4) is 0 Å². The van der Waals surface area contributed by atoms with E-state index in [0.717, 1.165) is 25.6 Å². The molecule has 2 heteroatoms. The van der Waals surface area contributed by atoms with Crippen molar-refractivity contribution in [2.75, 3.05) is 33.7 Å². The molecule has 0 spiro atoms. The van der Waals surface area contributed by atoms with Crippen molar-refractivity contribution in [2.24, 2.45) is 11.3 Å². The molecule has 86 valence electrons. The molecule has 0 aromatic carbocycles. The Morgan fingerprint density at radius 3 is 2.29 bits per heavy atom. The normalized spacial score (nSPS) is 14.8. The highest BCUT2D eigenvalue weighted by Crippen LogP contribution is 2.14. The Bertz CT molecular complexity index is 141. The Morgan fingerprint density at radius 1 is 1.29 bits per heavy atom. The molecule has 0 aliphatic rings. The highest BCUT2D eigenvalue weighted by Gasteiger charge is 2.18. The fourth-order valence-electron chi connectivity index (χ4n) is 1.71. The van der Waals surface area contributed by atoms with Crippen molar-refractivity contribution in [3.05, 3.63) is 0 Å². The molecule has 0 amide bonds. The SMILES string of the molecule is CC[C@H](C)CNCC(C)(C)CN(C)C. The summed E-state index contributed by atoms with van der Waals surface area (Å²) in [5, 5.41) is 3.56. The zero-order valence-electron chi connectivity index (χ0n) is 10.9. The lowest BCUT2D eigenvalue weighted by atomic mass is 9.92. The van der Waals surface area contributed by atoms with Gasteiger partial charge in [0.15, 0.2) is 0 Å². The van der Waals surface area contributed by atoms with E-state index in [0.29, 0.717) is 5.41 Å². The third-order valence-electron chi connectivity index (χ3n) is 2.54. The van der Waals surface area contributed by atoms with Gasteiger partial charge in [-0.1, -0.05) is 34.1 Å². The quantitative estimate of drug-likeness (QED) is 0.678. The maximum Gasteiger partial charge on any atom is 0.00387 e. The molecular formula is C12H28N2. The first-order chi connectivity index (χ1) is 6.37. The summed E-state index contributed by atoms with van der Waals surface area (Å²) in [7, 11) is 4.27. The monoisotopic (exact) mass is 200 g/mol. The van der Waals surface area contributed by atoms with Gasteiger partial charge in [-0.25, -0.2) is 0 Å². The lowest BCUT2D eigenvalue weighted by molar-refractivity contribution is 0.229. The Labute approximate surface area is 90.1 Å². The van der Waals surface area contributed by atoms with Crippen LogP contribution in [0.25, 0.3) is 0 Å². The zero-order chi connectivity index (χ0) is 11.2. The highest BCUT2D eigenvalue weighted by molar-refractivity contribution is 4.74. The minimum atomic E-state index is 0.372. The molecule has 2 nitrogen and oxygen atoms in total. The molecular weight excluding hydrogens is 172 g/mol. The van der Waals surface area contributed by atoms with Gasteiger partial charge in [-0.2, -0.15) is 0 Å². The van der Waals surface area contributed by atoms with Crippen LogP contribution in [0.5, 0.6) is 0 Å². The summed E-state index contributed by atoms with van der Waals surface area (Å²) in [6, 6.07) is 0. The largest absolute Gasteiger partial charge is 0.316 e. The van der Waals surface area contributed by atoms with Crippen molar-refractivity contribution in [1.82, 2.24) is 10.2 Å². The fourth-order valence-corrected chi connectivity index (χ4v) is 1.71. The third-order valence-corrected chi connectivity index (χ3v) is 2.54. The summed E-state index contributed by atoms with van der Waals surface area (Å²) < 4.78 is 0. The summed E-state index contributed by atoms with van der Waals surface area (Å²) in [6.45, 7) is 12.6. The molecule has 0 rings (SSSR count). The lowest BCUT2D eigenvalue weighted by Gasteiger charge is -2.29. The van der Waals surface area contributed by atoms with E-state index in [4.69, 9.17) is 0 Å². The van der Waals surface area contributed by atoms with Crippen LogP contribution in [0.2, 0.25) is 0 Å². The van der Waals surface area contributed by atoms with Gasteiger partial charge in [0.25, 0.3) is 0 Å². The second-order valence-corrected chi connectivity index (χ2v) is 5.55. The Balaban J connectivity index is 3.65. The number of nitrogens with one attached hydrogen (secondary N) is 1. The van der Waals surface area contributed by atoms with Crippen molar-refractivity contribution in [3.63, 3.8) is 0 Å². The summed E-state index contributed by atoms with van der Waals surface area (Å²) in [4.78, 5) is 2.25. The average Bonchev–Trinajstić information content (AvgIpc) is 2.01. The van der Waals surface area contributed by atoms with Crippen LogP contribution in [0.15, 0.2) is 0 Å². The first-order valence-corrected chi connectivity index (χ1v) is 5.73. The molecule has 0 fully saturated rings. The van der Waals surface area contributed by atoms with Crippen molar-refractivity contribution in [1.29, 1.82) is 0 Å². The van der Waals surface area contributed by atoms with Crippen LogP contribution in [-0.2, 0) is 0 Å². The fraction of sp³-hybridized carbons (Fsp3) is 1.00. The first kappa shape index (κ1) is 13.9. The van der Waals surface area contributed by atoms with Gasteiger partial charge in [-0.15, -0.1) is 0 Å². The molecule has 0 saturated carbocycles. The summed E-state index contributed by atoms with van der Waals surface area (Å²) in [5.74, 6) is 0.796. The zero-order valence-corrected chi connectivity index (χ0v) is 10.9. The van der Waals surface area contributed by atoms with Crippen LogP contribution >= 0.6 is 0 Å². The molecule has 0 unspecified atom stereocenters. The van der Waals surface area contributed by atoms with E-state index in [1.54, 1.807) is 0 Å². The highest BCUT2D eigenvalue weighted by atomic mass is 15.1. The van der Waals surface area contributed by atoms with Gasteiger partial charge in [-0.05, 0) is 32.0 Å². The van der Waals surface area contributed by atoms with E-state index in [-0.39, 0.29) is 0 Å². The van der Waals surface area contributed by atoms with Gasteiger partial charge in [0.2, 0.25) is 0 Å². The van der Waals surface area contributed by atoms with Crippen molar-refractivity contribution >= 4 is 0 Å². The molecule has 0 bridgehead atoms. The van der Waals surface area contributed by atoms with Crippen LogP contribution in [0.3, 0.4) is 0 Å². The molecule has 0 aliphatic heterocycles. The Hall–Kier alpha value is -0.0800. The summed E-state index contributed by atoms with van der Waals surface area (Å²) in [5.41, 5.74) is 0.372. The summed E-state index contributed by atoms with van der Waals surface area (Å²) >= 11 is 0. The number of hydrogen-bond donors (Lipinski definition) is 1. The molecule has 0 aromatic heterocycles. The number of hydrogen-bond acceptors (Lipinski definition) is 2. The predicted molar refractivity (Wildman–Crippen MR) is 64.7 cm³/mol. The molecule has 0 radical (unpaired) electrons. The minimum Gasteiger partial charge on any atom is -0.316 e. The first-order valence-electron chi connectivity index (χ1n) is 5.73. The molecule has 0 aliphatic carbocycles. The standard InChI is InChI=1S/C12H28N2/c1-7-11(2)8-13-9-12(3,4)10-14(5)6/h11,13H,7-10H2,1-6H3/t11-/m0/s1. The maximum atomic E-state index is 3.56. The lowest BCUT2D eigenvalue weighted by Crippen LogP contribution is -2.38. The Kier molecular flexibility index (Phi) is 6.38. The van der Waals surface area contributed by atoms with E-state index >= 15 is 0 Å². The van der Waals surface area contributed by atoms with E-state index in [9.17, 15) is 0 Å². The molecule has 14 heavy (non-hydrogen) atoms. The topological polar surface area (TPSA) is 15.3 Å². The molecule has 0 heterocycles. The number of rotatable bonds is 7. The average molecular weight is 200 g/mol. The minimum absolute atomic E-state index is 0.372. The molecule has 0 aromatic rings.